The van der Waals surface area contributed by atoms with E-state index in [-0.39, 0.29) is 41.0 Å². The second kappa shape index (κ2) is 11.9. The molecule has 0 saturated carbocycles. The molecule has 1 N–H and O–H groups in total. The summed E-state index contributed by atoms with van der Waals surface area (Å²) >= 11 is 0. The van der Waals surface area contributed by atoms with Gasteiger partial charge in [-0.2, -0.15) is 0 Å². The smallest absolute Gasteiger partial charge is 0.271 e. The van der Waals surface area contributed by atoms with Gasteiger partial charge in [0.05, 0.1) is 41.8 Å². The van der Waals surface area contributed by atoms with Gasteiger partial charge >= 0.3 is 0 Å². The number of imide groups is 1. The number of aromatic hydroxyl groups is 1. The Labute approximate surface area is 249 Å². The van der Waals surface area contributed by atoms with Crippen LogP contribution in [0.4, 0.5) is 11.4 Å². The molecular weight excluding hydrogens is 548 g/mol. The number of carbonyl (C=O) groups excluding carboxylic acids is 2. The third-order valence-corrected chi connectivity index (χ3v) is 8.71. The number of phenolic OH excluding ortho intramolecular Hbond substituents is 1. The summed E-state index contributed by atoms with van der Waals surface area (Å²) < 4.78 is 11.9. The second-order valence-electron chi connectivity index (χ2n) is 11.2. The average Bonchev–Trinajstić information content (AvgIpc) is 3.55. The molecule has 2 aliphatic heterocycles. The lowest BCUT2D eigenvalue weighted by Gasteiger charge is -2.31. The van der Waals surface area contributed by atoms with E-state index < -0.39 is 16.8 Å². The fraction of sp³-hybridized carbons (Fsp3) is 0.294. The molecule has 0 bridgehead atoms. The summed E-state index contributed by atoms with van der Waals surface area (Å²) in [7, 11) is 1.61. The normalized spacial score (nSPS) is 23.5. The summed E-state index contributed by atoms with van der Waals surface area (Å²) in [6.45, 7) is 0.631. The van der Waals surface area contributed by atoms with E-state index in [2.05, 4.69) is 0 Å². The van der Waals surface area contributed by atoms with Crippen LogP contribution in [-0.2, 0) is 19.1 Å². The maximum Gasteiger partial charge on any atom is 0.271 e. The van der Waals surface area contributed by atoms with Gasteiger partial charge in [0.2, 0.25) is 11.8 Å². The Hall–Kier alpha value is -4.60. The second-order valence-corrected chi connectivity index (χ2v) is 11.2. The Morgan fingerprint density at radius 2 is 1.81 bits per heavy atom. The number of fused-ring (bicyclic) bond motifs is 3. The van der Waals surface area contributed by atoms with Crippen molar-refractivity contribution in [2.45, 2.75) is 25.4 Å². The van der Waals surface area contributed by atoms with E-state index in [0.29, 0.717) is 32.5 Å². The number of ether oxygens (including phenoxy) is 2. The van der Waals surface area contributed by atoms with E-state index in [9.17, 15) is 24.8 Å². The predicted octanol–water partition coefficient (Wildman–Crippen LogP) is 5.79. The van der Waals surface area contributed by atoms with Crippen molar-refractivity contribution in [2.75, 3.05) is 25.2 Å². The lowest BCUT2D eigenvalue weighted by molar-refractivity contribution is -0.384. The number of nitro groups is 1. The number of hydrogen-bond donors (Lipinski definition) is 1. The molecule has 1 aliphatic carbocycles. The molecule has 3 aromatic rings. The highest BCUT2D eigenvalue weighted by molar-refractivity contribution is 6.22. The third-order valence-electron chi connectivity index (χ3n) is 8.71. The van der Waals surface area contributed by atoms with Gasteiger partial charge < -0.3 is 14.6 Å². The maximum atomic E-state index is 13.8. The molecule has 43 heavy (non-hydrogen) atoms. The van der Waals surface area contributed by atoms with Gasteiger partial charge in [-0.15, -0.1) is 0 Å². The van der Waals surface area contributed by atoms with Gasteiger partial charge in [-0.25, -0.2) is 4.90 Å². The molecule has 2 amide bonds. The van der Waals surface area contributed by atoms with Gasteiger partial charge in [0.1, 0.15) is 5.75 Å². The number of amides is 2. The molecular formula is C34H32N2O7. The molecule has 2 saturated heterocycles. The molecule has 220 valence electrons. The molecule has 9 heteroatoms. The number of nitro benzene ring substituents is 1. The van der Waals surface area contributed by atoms with E-state index in [0.717, 1.165) is 32.7 Å². The molecule has 6 rings (SSSR count). The summed E-state index contributed by atoms with van der Waals surface area (Å²) in [5.74, 6) is -1.94. The molecule has 3 aromatic carbocycles. The topological polar surface area (TPSA) is 119 Å². The van der Waals surface area contributed by atoms with Crippen molar-refractivity contribution >= 4 is 34.8 Å². The van der Waals surface area contributed by atoms with Crippen LogP contribution in [0.3, 0.4) is 0 Å². The van der Waals surface area contributed by atoms with Crippen LogP contribution >= 0.6 is 0 Å². The molecule has 2 heterocycles. The summed E-state index contributed by atoms with van der Waals surface area (Å²) in [5, 5.41) is 21.8. The summed E-state index contributed by atoms with van der Waals surface area (Å²) in [6.07, 6.45) is 3.40. The van der Waals surface area contributed by atoms with Crippen molar-refractivity contribution in [3.63, 3.8) is 0 Å². The Morgan fingerprint density at radius 1 is 1.05 bits per heavy atom. The number of rotatable bonds is 9. The number of allylic oxidation sites excluding steroid dienone is 1. The van der Waals surface area contributed by atoms with E-state index in [4.69, 9.17) is 9.47 Å². The van der Waals surface area contributed by atoms with Gasteiger partial charge in [0.15, 0.2) is 0 Å². The van der Waals surface area contributed by atoms with Crippen LogP contribution < -0.4 is 4.90 Å². The van der Waals surface area contributed by atoms with E-state index in [1.165, 1.54) is 18.2 Å². The minimum Gasteiger partial charge on any atom is -0.507 e. The van der Waals surface area contributed by atoms with Gasteiger partial charge in [0, 0.05) is 30.7 Å². The van der Waals surface area contributed by atoms with E-state index >= 15 is 0 Å². The van der Waals surface area contributed by atoms with Gasteiger partial charge in [0.25, 0.3) is 5.69 Å². The van der Waals surface area contributed by atoms with Crippen LogP contribution in [0.2, 0.25) is 0 Å². The third kappa shape index (κ3) is 5.37. The van der Waals surface area contributed by atoms with Gasteiger partial charge in [-0.1, -0.05) is 54.6 Å². The number of hydrogen-bond acceptors (Lipinski definition) is 7. The van der Waals surface area contributed by atoms with Crippen molar-refractivity contribution in [1.82, 2.24) is 0 Å². The quantitative estimate of drug-likeness (QED) is 0.112. The SMILES string of the molecule is COCC1=C2[C@@H](CC/C(=C/c3ccccc3O)c3ccccc3)OC[C@@H]2[C@@H]2C(=O)N(c3cccc([N+](=O)[O-])c3)C(=O)[C@@H]2C1. The number of nitrogens with zero attached hydrogens (tertiary/aromatic N) is 2. The first-order chi connectivity index (χ1) is 20.9. The lowest BCUT2D eigenvalue weighted by Crippen LogP contribution is -2.35. The molecule has 0 aromatic heterocycles. The maximum absolute atomic E-state index is 13.8. The molecule has 2 fully saturated rings. The zero-order valence-electron chi connectivity index (χ0n) is 23.7. The summed E-state index contributed by atoms with van der Waals surface area (Å²) in [6, 6.07) is 22.9. The van der Waals surface area contributed by atoms with Crippen molar-refractivity contribution in [2.24, 2.45) is 17.8 Å². The number of carbonyl (C=O) groups is 2. The van der Waals surface area contributed by atoms with Gasteiger partial charge in [-0.3, -0.25) is 19.7 Å². The first-order valence-electron chi connectivity index (χ1n) is 14.4. The molecule has 3 aliphatic rings. The molecule has 0 unspecified atom stereocenters. The first kappa shape index (κ1) is 28.5. The summed E-state index contributed by atoms with van der Waals surface area (Å²) in [5.41, 5.74) is 4.85. The van der Waals surface area contributed by atoms with Crippen LogP contribution in [-0.4, -0.2) is 48.3 Å². The molecule has 0 spiro atoms. The zero-order valence-corrected chi connectivity index (χ0v) is 23.7. The monoisotopic (exact) mass is 580 g/mol. The standard InChI is InChI=1S/C34H32N2O7/c1-42-19-24-17-27-32(34(39)35(33(27)38)25-11-7-12-26(18-25)36(40)41)28-20-43-30(31(24)28)15-14-22(21-8-3-2-4-9-21)16-23-10-5-6-13-29(23)37/h2-13,16,18,27-28,30,32,37H,14-15,17,19-20H2,1H3/b22-16-/t27-,28+,30-,32-/m1/s1. The zero-order chi connectivity index (χ0) is 30.1. The van der Waals surface area contributed by atoms with E-state index in [1.54, 1.807) is 25.3 Å². The van der Waals surface area contributed by atoms with Crippen molar-refractivity contribution < 1.29 is 29.1 Å². The predicted molar refractivity (Wildman–Crippen MR) is 161 cm³/mol. The first-order valence-corrected chi connectivity index (χ1v) is 14.4. The Kier molecular flexibility index (Phi) is 7.92. The van der Waals surface area contributed by atoms with E-state index in [1.807, 2.05) is 48.5 Å². The highest BCUT2D eigenvalue weighted by Crippen LogP contribution is 2.51. The number of phenols is 1. The van der Waals surface area contributed by atoms with Crippen molar-refractivity contribution in [3.8, 4) is 5.75 Å². The van der Waals surface area contributed by atoms with Crippen molar-refractivity contribution in [1.29, 1.82) is 0 Å². The highest BCUT2D eigenvalue weighted by atomic mass is 16.6. The van der Waals surface area contributed by atoms with Crippen molar-refractivity contribution in [3.05, 3.63) is 111 Å². The number of non-ortho nitro benzene ring substituents is 1. The highest BCUT2D eigenvalue weighted by Gasteiger charge is 2.57. The minimum atomic E-state index is -0.599. The molecule has 4 atom stereocenters. The fourth-order valence-electron chi connectivity index (χ4n) is 6.82. The lowest BCUT2D eigenvalue weighted by atomic mass is 9.69. The average molecular weight is 581 g/mol. The number of para-hydroxylation sites is 1. The number of benzene rings is 3. The van der Waals surface area contributed by atoms with Crippen LogP contribution in [0.25, 0.3) is 11.6 Å². The molecule has 9 nitrogen and oxygen atoms in total. The summed E-state index contributed by atoms with van der Waals surface area (Å²) in [4.78, 5) is 39.4. The minimum absolute atomic E-state index is 0.179. The van der Waals surface area contributed by atoms with Crippen LogP contribution in [0.1, 0.15) is 30.4 Å². The van der Waals surface area contributed by atoms with Crippen LogP contribution in [0.15, 0.2) is 90.0 Å². The Balaban J connectivity index is 1.29. The number of anilines is 1. The van der Waals surface area contributed by atoms with Crippen LogP contribution in [0.5, 0.6) is 5.75 Å². The number of methoxy groups -OCH3 is 1. The largest absolute Gasteiger partial charge is 0.507 e. The Bertz CT molecular complexity index is 1630. The van der Waals surface area contributed by atoms with Gasteiger partial charge in [-0.05, 0) is 59.8 Å². The fourth-order valence-corrected chi connectivity index (χ4v) is 6.82. The Morgan fingerprint density at radius 3 is 2.56 bits per heavy atom. The van der Waals surface area contributed by atoms with Crippen LogP contribution in [0, 0.1) is 27.9 Å². The molecule has 0 radical (unpaired) electrons.